The van der Waals surface area contributed by atoms with Gasteiger partial charge in [0.2, 0.25) is 0 Å². The summed E-state index contributed by atoms with van der Waals surface area (Å²) in [5, 5.41) is 9.17. The molecule has 0 fully saturated rings. The molecule has 21 heavy (non-hydrogen) atoms. The number of nitrogens with zero attached hydrogens (tertiary/aromatic N) is 2. The van der Waals surface area contributed by atoms with E-state index in [2.05, 4.69) is 6.07 Å². The van der Waals surface area contributed by atoms with E-state index < -0.39 is 12.2 Å². The minimum absolute atomic E-state index is 0.0472. The molecule has 0 spiro atoms. The highest BCUT2D eigenvalue weighted by Crippen LogP contribution is 2.12. The van der Waals surface area contributed by atoms with Crippen LogP contribution in [0.5, 0.6) is 0 Å². The topological polar surface area (TPSA) is 53.3 Å². The van der Waals surface area contributed by atoms with Gasteiger partial charge in [0.05, 0.1) is 0 Å². The van der Waals surface area contributed by atoms with Crippen LogP contribution in [0.2, 0.25) is 0 Å². The Morgan fingerprint density at radius 3 is 2.24 bits per heavy atom. The van der Waals surface area contributed by atoms with Gasteiger partial charge in [0.15, 0.2) is 6.10 Å². The molecule has 4 nitrogen and oxygen atoms in total. The predicted molar refractivity (Wildman–Crippen MR) is 82.8 cm³/mol. The Labute approximate surface area is 127 Å². The monoisotopic (exact) mass is 288 g/mol. The fourth-order valence-corrected chi connectivity index (χ4v) is 2.29. The molecule has 0 saturated carbocycles. The van der Waals surface area contributed by atoms with Crippen LogP contribution in [0.15, 0.2) is 30.3 Å². The second kappa shape index (κ2) is 8.31. The first-order valence-corrected chi connectivity index (χ1v) is 7.38. The Morgan fingerprint density at radius 2 is 1.76 bits per heavy atom. The molecular weight excluding hydrogens is 264 g/mol. The summed E-state index contributed by atoms with van der Waals surface area (Å²) < 4.78 is 5.33. The summed E-state index contributed by atoms with van der Waals surface area (Å²) in [6, 6.07) is 12.0. The molecule has 0 aliphatic heterocycles. The van der Waals surface area contributed by atoms with Crippen LogP contribution >= 0.6 is 0 Å². The van der Waals surface area contributed by atoms with Gasteiger partial charge in [-0.1, -0.05) is 30.3 Å². The van der Waals surface area contributed by atoms with E-state index in [1.54, 1.807) is 4.90 Å². The molecule has 0 heterocycles. The molecule has 114 valence electrons. The predicted octanol–water partition coefficient (Wildman–Crippen LogP) is 3.77. The molecule has 1 rings (SSSR count). The van der Waals surface area contributed by atoms with Gasteiger partial charge in [0, 0.05) is 18.5 Å². The number of ether oxygens (including phenoxy) is 1. The number of carbonyl (C=O) groups is 1. The first kappa shape index (κ1) is 17.0. The van der Waals surface area contributed by atoms with Crippen LogP contribution in [0.25, 0.3) is 0 Å². The van der Waals surface area contributed by atoms with Gasteiger partial charge < -0.3 is 9.64 Å². The van der Waals surface area contributed by atoms with E-state index in [1.165, 1.54) is 0 Å². The molecule has 0 saturated heterocycles. The molecule has 1 amide bonds. The molecule has 0 N–H and O–H groups in total. The number of carbonyl (C=O) groups excluding carboxylic acids is 1. The van der Waals surface area contributed by atoms with Crippen LogP contribution in [0.1, 0.15) is 39.7 Å². The molecule has 1 atom stereocenters. The van der Waals surface area contributed by atoms with Gasteiger partial charge in [-0.3, -0.25) is 0 Å². The first-order valence-electron chi connectivity index (χ1n) is 7.38. The largest absolute Gasteiger partial charge is 0.431 e. The molecule has 0 aliphatic carbocycles. The van der Waals surface area contributed by atoms with Crippen molar-refractivity contribution in [2.45, 2.75) is 58.7 Å². The van der Waals surface area contributed by atoms with E-state index >= 15 is 0 Å². The lowest BCUT2D eigenvalue weighted by molar-refractivity contribution is 0.0600. The van der Waals surface area contributed by atoms with E-state index in [4.69, 9.17) is 10.00 Å². The molecule has 0 aliphatic rings. The van der Waals surface area contributed by atoms with Gasteiger partial charge in [-0.05, 0) is 39.7 Å². The van der Waals surface area contributed by atoms with Crippen molar-refractivity contribution in [2.75, 3.05) is 0 Å². The molecule has 0 bridgehead atoms. The average Bonchev–Trinajstić information content (AvgIpc) is 2.43. The maximum absolute atomic E-state index is 12.2. The number of aryl methyl sites for hydroxylation is 1. The summed E-state index contributed by atoms with van der Waals surface area (Å²) in [5.41, 5.74) is 1.14. The van der Waals surface area contributed by atoms with E-state index in [1.807, 2.05) is 58.0 Å². The molecule has 0 unspecified atom stereocenters. The van der Waals surface area contributed by atoms with E-state index in [9.17, 15) is 4.79 Å². The van der Waals surface area contributed by atoms with Gasteiger partial charge in [-0.15, -0.1) is 0 Å². The third-order valence-electron chi connectivity index (χ3n) is 3.25. The van der Waals surface area contributed by atoms with E-state index in [0.29, 0.717) is 6.42 Å². The van der Waals surface area contributed by atoms with Crippen molar-refractivity contribution < 1.29 is 9.53 Å². The third-order valence-corrected chi connectivity index (χ3v) is 3.25. The Kier molecular flexibility index (Phi) is 6.74. The van der Waals surface area contributed by atoms with Crippen LogP contribution in [0.3, 0.4) is 0 Å². The molecule has 0 aromatic heterocycles. The SMILES string of the molecule is CC(C)N(C(=O)O[C@H](C#N)CCc1ccccc1)C(C)C. The minimum atomic E-state index is -0.710. The summed E-state index contributed by atoms with van der Waals surface area (Å²) in [7, 11) is 0. The second-order valence-corrected chi connectivity index (χ2v) is 5.62. The van der Waals surface area contributed by atoms with Gasteiger partial charge in [-0.25, -0.2) is 4.79 Å². The molecule has 0 radical (unpaired) electrons. The zero-order chi connectivity index (χ0) is 15.8. The smallest absolute Gasteiger partial charge is 0.411 e. The van der Waals surface area contributed by atoms with Crippen molar-refractivity contribution in [3.8, 4) is 6.07 Å². The standard InChI is InChI=1S/C17H24N2O2/c1-13(2)19(14(3)4)17(20)21-16(12-18)11-10-15-8-6-5-7-9-15/h5-9,13-14,16H,10-11H2,1-4H3/t16-/m0/s1. The van der Waals surface area contributed by atoms with Crippen molar-refractivity contribution >= 4 is 6.09 Å². The second-order valence-electron chi connectivity index (χ2n) is 5.62. The lowest BCUT2D eigenvalue weighted by Gasteiger charge is -2.30. The van der Waals surface area contributed by atoms with Gasteiger partial charge in [0.1, 0.15) is 6.07 Å². The van der Waals surface area contributed by atoms with Gasteiger partial charge in [0.25, 0.3) is 0 Å². The van der Waals surface area contributed by atoms with Crippen LogP contribution in [0, 0.1) is 11.3 Å². The molecular formula is C17H24N2O2. The fourth-order valence-electron chi connectivity index (χ4n) is 2.29. The van der Waals surface area contributed by atoms with Crippen molar-refractivity contribution in [3.05, 3.63) is 35.9 Å². The molecule has 4 heteroatoms. The minimum Gasteiger partial charge on any atom is -0.431 e. The van der Waals surface area contributed by atoms with Crippen LogP contribution in [-0.2, 0) is 11.2 Å². The number of hydrogen-bond acceptors (Lipinski definition) is 3. The first-order chi connectivity index (χ1) is 9.95. The van der Waals surface area contributed by atoms with Crippen LogP contribution in [0.4, 0.5) is 4.79 Å². The van der Waals surface area contributed by atoms with Gasteiger partial charge in [-0.2, -0.15) is 5.26 Å². The summed E-state index contributed by atoms with van der Waals surface area (Å²) in [4.78, 5) is 13.8. The lowest BCUT2D eigenvalue weighted by atomic mass is 10.1. The Hall–Kier alpha value is -2.02. The summed E-state index contributed by atoms with van der Waals surface area (Å²) >= 11 is 0. The van der Waals surface area contributed by atoms with Crippen molar-refractivity contribution in [1.29, 1.82) is 5.26 Å². The summed E-state index contributed by atoms with van der Waals surface area (Å²) in [6.07, 6.45) is 0.101. The summed E-state index contributed by atoms with van der Waals surface area (Å²) in [6.45, 7) is 7.75. The average molecular weight is 288 g/mol. The van der Waals surface area contributed by atoms with Crippen molar-refractivity contribution in [1.82, 2.24) is 4.90 Å². The maximum atomic E-state index is 12.2. The highest BCUT2D eigenvalue weighted by molar-refractivity contribution is 5.68. The van der Waals surface area contributed by atoms with E-state index in [0.717, 1.165) is 12.0 Å². The zero-order valence-electron chi connectivity index (χ0n) is 13.2. The number of amides is 1. The highest BCUT2D eigenvalue weighted by atomic mass is 16.6. The van der Waals surface area contributed by atoms with Crippen LogP contribution in [-0.4, -0.2) is 29.2 Å². The van der Waals surface area contributed by atoms with Crippen molar-refractivity contribution in [3.63, 3.8) is 0 Å². The Morgan fingerprint density at radius 1 is 1.19 bits per heavy atom. The summed E-state index contributed by atoms with van der Waals surface area (Å²) in [5.74, 6) is 0. The van der Waals surface area contributed by atoms with Crippen molar-refractivity contribution in [2.24, 2.45) is 0 Å². The Balaban J connectivity index is 2.57. The fraction of sp³-hybridized carbons (Fsp3) is 0.529. The van der Waals surface area contributed by atoms with Gasteiger partial charge >= 0.3 is 6.09 Å². The molecule has 1 aromatic carbocycles. The number of rotatable bonds is 6. The number of hydrogen-bond donors (Lipinski definition) is 0. The van der Waals surface area contributed by atoms with Crippen LogP contribution < -0.4 is 0 Å². The quantitative estimate of drug-likeness (QED) is 0.800. The Bertz CT molecular complexity index is 469. The zero-order valence-corrected chi connectivity index (χ0v) is 13.2. The number of benzene rings is 1. The van der Waals surface area contributed by atoms with E-state index in [-0.39, 0.29) is 12.1 Å². The lowest BCUT2D eigenvalue weighted by Crippen LogP contribution is -2.43. The third kappa shape index (κ3) is 5.47. The normalized spacial score (nSPS) is 12.0. The highest BCUT2D eigenvalue weighted by Gasteiger charge is 2.24. The molecule has 1 aromatic rings. The maximum Gasteiger partial charge on any atom is 0.411 e. The number of nitriles is 1.